The third-order valence-electron chi connectivity index (χ3n) is 5.34. The van der Waals surface area contributed by atoms with Crippen LogP contribution < -0.4 is 15.4 Å². The fourth-order valence-corrected chi connectivity index (χ4v) is 5.00. The van der Waals surface area contributed by atoms with Gasteiger partial charge in [0, 0.05) is 30.0 Å². The molecule has 2 atom stereocenters. The number of nitrogens with zero attached hydrogens (tertiary/aromatic N) is 1. The summed E-state index contributed by atoms with van der Waals surface area (Å²) >= 11 is 1.71. The third kappa shape index (κ3) is 3.19. The standard InChI is InChI=1S/C21H21N3O2S/c25-20(23-16-8-10-26-18-4-2-1-3-15(16)18)13-5-6-17-19(11-13)27-21(24-17)14-7-9-22-12-14/h1-6,11,14,16,22H,7-10,12H2,(H,23,25)/t14?,16-/m0/s1. The molecule has 1 aromatic heterocycles. The van der Waals surface area contributed by atoms with Crippen molar-refractivity contribution in [1.29, 1.82) is 0 Å². The highest BCUT2D eigenvalue weighted by Crippen LogP contribution is 2.33. The number of nitrogens with one attached hydrogen (secondary N) is 2. The van der Waals surface area contributed by atoms with Gasteiger partial charge in [0.25, 0.3) is 5.91 Å². The van der Waals surface area contributed by atoms with Crippen LogP contribution in [0.15, 0.2) is 42.5 Å². The van der Waals surface area contributed by atoms with Gasteiger partial charge in [-0.15, -0.1) is 11.3 Å². The maximum absolute atomic E-state index is 12.9. The molecule has 1 fully saturated rings. The number of thiazole rings is 1. The molecular weight excluding hydrogens is 358 g/mol. The van der Waals surface area contributed by atoms with Gasteiger partial charge < -0.3 is 15.4 Å². The van der Waals surface area contributed by atoms with Gasteiger partial charge >= 0.3 is 0 Å². The van der Waals surface area contributed by atoms with Gasteiger partial charge in [-0.05, 0) is 37.2 Å². The fraction of sp³-hybridized carbons (Fsp3) is 0.333. The Morgan fingerprint density at radius 1 is 1.22 bits per heavy atom. The van der Waals surface area contributed by atoms with E-state index in [1.54, 1.807) is 11.3 Å². The zero-order valence-electron chi connectivity index (χ0n) is 14.9. The number of aromatic nitrogens is 1. The lowest BCUT2D eigenvalue weighted by atomic mass is 10.00. The molecule has 3 heterocycles. The van der Waals surface area contributed by atoms with E-state index in [4.69, 9.17) is 9.72 Å². The summed E-state index contributed by atoms with van der Waals surface area (Å²) in [5.74, 6) is 1.32. The van der Waals surface area contributed by atoms with Crippen LogP contribution in [0.25, 0.3) is 10.2 Å². The number of carbonyl (C=O) groups excluding carboxylic acids is 1. The van der Waals surface area contributed by atoms with E-state index in [0.717, 1.165) is 47.5 Å². The highest BCUT2D eigenvalue weighted by atomic mass is 32.1. The lowest BCUT2D eigenvalue weighted by Crippen LogP contribution is -2.32. The Morgan fingerprint density at radius 3 is 3.04 bits per heavy atom. The van der Waals surface area contributed by atoms with E-state index in [1.807, 2.05) is 42.5 Å². The molecule has 0 saturated carbocycles. The average Bonchev–Trinajstić information content (AvgIpc) is 3.37. The summed E-state index contributed by atoms with van der Waals surface area (Å²) < 4.78 is 6.77. The molecular formula is C21H21N3O2S. The molecule has 2 aliphatic heterocycles. The van der Waals surface area contributed by atoms with Gasteiger partial charge in [0.2, 0.25) is 0 Å². The first-order chi connectivity index (χ1) is 13.3. The first kappa shape index (κ1) is 16.7. The van der Waals surface area contributed by atoms with Gasteiger partial charge in [0.15, 0.2) is 0 Å². The molecule has 5 nitrogen and oxygen atoms in total. The lowest BCUT2D eigenvalue weighted by molar-refractivity contribution is 0.0925. The topological polar surface area (TPSA) is 63.2 Å². The van der Waals surface area contributed by atoms with E-state index in [1.165, 1.54) is 5.01 Å². The second-order valence-corrected chi connectivity index (χ2v) is 8.19. The Hall–Kier alpha value is -2.44. The summed E-state index contributed by atoms with van der Waals surface area (Å²) in [5, 5.41) is 7.74. The van der Waals surface area contributed by atoms with Gasteiger partial charge in [0.05, 0.1) is 27.9 Å². The normalized spacial score (nSPS) is 21.6. The number of fused-ring (bicyclic) bond motifs is 2. The first-order valence-corrected chi connectivity index (χ1v) is 10.2. The second-order valence-electron chi connectivity index (χ2n) is 7.13. The van der Waals surface area contributed by atoms with E-state index < -0.39 is 0 Å². The highest BCUT2D eigenvalue weighted by molar-refractivity contribution is 7.18. The van der Waals surface area contributed by atoms with Crippen molar-refractivity contribution in [3.63, 3.8) is 0 Å². The molecule has 1 saturated heterocycles. The van der Waals surface area contributed by atoms with Crippen LogP contribution in [-0.2, 0) is 0 Å². The number of hydrogen-bond acceptors (Lipinski definition) is 5. The van der Waals surface area contributed by atoms with Gasteiger partial charge in [-0.25, -0.2) is 4.98 Å². The van der Waals surface area contributed by atoms with Crippen molar-refractivity contribution in [3.05, 3.63) is 58.6 Å². The van der Waals surface area contributed by atoms with Crippen LogP contribution >= 0.6 is 11.3 Å². The first-order valence-electron chi connectivity index (χ1n) is 9.42. The summed E-state index contributed by atoms with van der Waals surface area (Å²) in [7, 11) is 0. The smallest absolute Gasteiger partial charge is 0.251 e. The molecule has 2 aliphatic rings. The number of amides is 1. The summed E-state index contributed by atoms with van der Waals surface area (Å²) in [6, 6.07) is 13.7. The predicted molar refractivity (Wildman–Crippen MR) is 107 cm³/mol. The Kier molecular flexibility index (Phi) is 4.30. The molecule has 2 N–H and O–H groups in total. The number of para-hydroxylation sites is 1. The fourth-order valence-electron chi connectivity index (χ4n) is 3.86. The molecule has 6 heteroatoms. The van der Waals surface area contributed by atoms with Gasteiger partial charge in [-0.3, -0.25) is 4.79 Å². The van der Waals surface area contributed by atoms with Crippen molar-refractivity contribution in [2.75, 3.05) is 19.7 Å². The molecule has 0 bridgehead atoms. The maximum Gasteiger partial charge on any atom is 0.251 e. The zero-order valence-corrected chi connectivity index (χ0v) is 15.7. The van der Waals surface area contributed by atoms with Crippen molar-refractivity contribution >= 4 is 27.5 Å². The summed E-state index contributed by atoms with van der Waals surface area (Å²) in [6.07, 6.45) is 1.92. The molecule has 0 aliphatic carbocycles. The minimum absolute atomic E-state index is 0.0141. The Bertz CT molecular complexity index is 994. The quantitative estimate of drug-likeness (QED) is 0.730. The Balaban J connectivity index is 1.38. The lowest BCUT2D eigenvalue weighted by Gasteiger charge is -2.26. The van der Waals surface area contributed by atoms with Crippen molar-refractivity contribution in [3.8, 4) is 5.75 Å². The molecule has 2 aromatic carbocycles. The summed E-state index contributed by atoms with van der Waals surface area (Å²) in [6.45, 7) is 2.67. The minimum atomic E-state index is -0.0453. The monoisotopic (exact) mass is 379 g/mol. The van der Waals surface area contributed by atoms with E-state index in [-0.39, 0.29) is 11.9 Å². The van der Waals surface area contributed by atoms with E-state index in [0.29, 0.717) is 18.1 Å². The molecule has 3 aromatic rings. The van der Waals surface area contributed by atoms with Crippen molar-refractivity contribution in [1.82, 2.24) is 15.6 Å². The van der Waals surface area contributed by atoms with Crippen molar-refractivity contribution in [2.24, 2.45) is 0 Å². The molecule has 27 heavy (non-hydrogen) atoms. The molecule has 0 spiro atoms. The van der Waals surface area contributed by atoms with Crippen LogP contribution in [0.4, 0.5) is 0 Å². The predicted octanol–water partition coefficient (Wildman–Crippen LogP) is 3.63. The number of benzene rings is 2. The number of hydrogen-bond donors (Lipinski definition) is 2. The third-order valence-corrected chi connectivity index (χ3v) is 6.52. The van der Waals surface area contributed by atoms with E-state index in [9.17, 15) is 4.79 Å². The zero-order chi connectivity index (χ0) is 18.2. The number of ether oxygens (including phenoxy) is 1. The van der Waals surface area contributed by atoms with Crippen LogP contribution in [0.2, 0.25) is 0 Å². The SMILES string of the molecule is O=C(N[C@H]1CCOc2ccccc21)c1ccc2nc(C3CCNC3)sc2c1. The van der Waals surface area contributed by atoms with Crippen LogP contribution in [0.1, 0.15) is 45.7 Å². The molecule has 1 amide bonds. The summed E-state index contributed by atoms with van der Waals surface area (Å²) in [4.78, 5) is 17.6. The largest absolute Gasteiger partial charge is 0.493 e. The number of carbonyl (C=O) groups is 1. The van der Waals surface area contributed by atoms with E-state index in [2.05, 4.69) is 10.6 Å². The molecule has 5 rings (SSSR count). The van der Waals surface area contributed by atoms with Gasteiger partial charge in [-0.1, -0.05) is 18.2 Å². The molecule has 1 unspecified atom stereocenters. The number of rotatable bonds is 3. The summed E-state index contributed by atoms with van der Waals surface area (Å²) in [5.41, 5.74) is 2.72. The second kappa shape index (κ2) is 6.94. The van der Waals surface area contributed by atoms with Crippen LogP contribution in [-0.4, -0.2) is 30.6 Å². The Morgan fingerprint density at radius 2 is 2.15 bits per heavy atom. The van der Waals surface area contributed by atoms with Gasteiger partial charge in [0.1, 0.15) is 5.75 Å². The van der Waals surface area contributed by atoms with E-state index >= 15 is 0 Å². The van der Waals surface area contributed by atoms with Gasteiger partial charge in [-0.2, -0.15) is 0 Å². The van der Waals surface area contributed by atoms with Crippen LogP contribution in [0, 0.1) is 0 Å². The molecule has 0 radical (unpaired) electrons. The maximum atomic E-state index is 12.9. The van der Waals surface area contributed by atoms with Crippen LogP contribution in [0.3, 0.4) is 0 Å². The molecule has 138 valence electrons. The minimum Gasteiger partial charge on any atom is -0.493 e. The van der Waals surface area contributed by atoms with Crippen molar-refractivity contribution < 1.29 is 9.53 Å². The highest BCUT2D eigenvalue weighted by Gasteiger charge is 2.24. The average molecular weight is 379 g/mol. The van der Waals surface area contributed by atoms with Crippen LogP contribution in [0.5, 0.6) is 5.75 Å². The Labute approximate surface area is 161 Å². The van der Waals surface area contributed by atoms with Crippen molar-refractivity contribution in [2.45, 2.75) is 24.8 Å².